The second-order valence-corrected chi connectivity index (χ2v) is 5.29. The highest BCUT2D eigenvalue weighted by molar-refractivity contribution is 5.79. The molecule has 0 saturated heterocycles. The molecule has 0 aliphatic rings. The fourth-order valence-corrected chi connectivity index (χ4v) is 2.35. The van der Waals surface area contributed by atoms with Crippen molar-refractivity contribution < 1.29 is 0 Å². The van der Waals surface area contributed by atoms with Gasteiger partial charge in [-0.1, -0.05) is 32.0 Å². The molecule has 0 aliphatic carbocycles. The van der Waals surface area contributed by atoms with Crippen LogP contribution in [0.25, 0.3) is 10.9 Å². The van der Waals surface area contributed by atoms with E-state index in [1.165, 1.54) is 16.6 Å². The first-order valence-electron chi connectivity index (χ1n) is 6.64. The molecular formula is C16H22N2. The lowest BCUT2D eigenvalue weighted by atomic mass is 9.97. The van der Waals surface area contributed by atoms with Crippen LogP contribution in [0.2, 0.25) is 0 Å². The summed E-state index contributed by atoms with van der Waals surface area (Å²) in [4.78, 5) is 4.80. The molecule has 1 heterocycles. The smallest absolute Gasteiger partial charge is 0.0705 e. The van der Waals surface area contributed by atoms with Crippen molar-refractivity contribution in [2.45, 2.75) is 33.2 Å². The van der Waals surface area contributed by atoms with E-state index in [0.717, 1.165) is 11.9 Å². The molecule has 0 saturated carbocycles. The third-order valence-electron chi connectivity index (χ3n) is 3.61. The minimum atomic E-state index is 0.484. The predicted molar refractivity (Wildman–Crippen MR) is 77.9 cm³/mol. The van der Waals surface area contributed by atoms with Crippen molar-refractivity contribution in [2.75, 3.05) is 7.05 Å². The van der Waals surface area contributed by atoms with Gasteiger partial charge >= 0.3 is 0 Å². The van der Waals surface area contributed by atoms with Crippen LogP contribution in [-0.4, -0.2) is 18.1 Å². The van der Waals surface area contributed by atoms with Gasteiger partial charge in [-0.15, -0.1) is 0 Å². The Kier molecular flexibility index (Phi) is 3.97. The number of rotatable bonds is 4. The topological polar surface area (TPSA) is 24.9 Å². The number of aromatic nitrogens is 1. The normalized spacial score (nSPS) is 13.2. The zero-order valence-corrected chi connectivity index (χ0v) is 11.7. The Hall–Kier alpha value is -1.41. The van der Waals surface area contributed by atoms with Gasteiger partial charge in [0.25, 0.3) is 0 Å². The van der Waals surface area contributed by atoms with Gasteiger partial charge in [-0.05, 0) is 37.6 Å². The van der Waals surface area contributed by atoms with Crippen LogP contribution in [0.4, 0.5) is 0 Å². The summed E-state index contributed by atoms with van der Waals surface area (Å²) in [6, 6.07) is 11.0. The van der Waals surface area contributed by atoms with E-state index in [1.807, 2.05) is 13.1 Å². The molecule has 2 aromatic rings. The average molecular weight is 242 g/mol. The maximum Gasteiger partial charge on any atom is 0.0705 e. The van der Waals surface area contributed by atoms with E-state index in [4.69, 9.17) is 4.98 Å². The quantitative estimate of drug-likeness (QED) is 0.889. The fraction of sp³-hybridized carbons (Fsp3) is 0.438. The Labute approximate surface area is 109 Å². The third-order valence-corrected chi connectivity index (χ3v) is 3.61. The summed E-state index contributed by atoms with van der Waals surface area (Å²) in [6.45, 7) is 6.65. The molecule has 0 aliphatic heterocycles. The monoisotopic (exact) mass is 242 g/mol. The van der Waals surface area contributed by atoms with E-state index < -0.39 is 0 Å². The molecule has 1 N–H and O–H groups in total. The molecule has 18 heavy (non-hydrogen) atoms. The SMILES string of the molecule is CNC(Cc1nc2ccccc2cc1C)C(C)C. The lowest BCUT2D eigenvalue weighted by Crippen LogP contribution is -2.33. The summed E-state index contributed by atoms with van der Waals surface area (Å²) in [5.74, 6) is 0.614. The van der Waals surface area contributed by atoms with Gasteiger partial charge in [0.15, 0.2) is 0 Å². The highest BCUT2D eigenvalue weighted by Crippen LogP contribution is 2.18. The van der Waals surface area contributed by atoms with E-state index in [-0.39, 0.29) is 0 Å². The number of nitrogens with zero attached hydrogens (tertiary/aromatic N) is 1. The van der Waals surface area contributed by atoms with E-state index in [9.17, 15) is 0 Å². The predicted octanol–water partition coefficient (Wildman–Crippen LogP) is 3.33. The number of nitrogens with one attached hydrogen (secondary N) is 1. The lowest BCUT2D eigenvalue weighted by Gasteiger charge is -2.20. The van der Waals surface area contributed by atoms with Gasteiger partial charge < -0.3 is 5.32 Å². The van der Waals surface area contributed by atoms with Gasteiger partial charge in [0.2, 0.25) is 0 Å². The minimum absolute atomic E-state index is 0.484. The van der Waals surface area contributed by atoms with Gasteiger partial charge in [0.05, 0.1) is 5.52 Å². The van der Waals surface area contributed by atoms with Crippen LogP contribution in [0.15, 0.2) is 30.3 Å². The van der Waals surface area contributed by atoms with Crippen molar-refractivity contribution in [3.8, 4) is 0 Å². The summed E-state index contributed by atoms with van der Waals surface area (Å²) in [7, 11) is 2.03. The van der Waals surface area contributed by atoms with Gasteiger partial charge in [0.1, 0.15) is 0 Å². The Morgan fingerprint density at radius 1 is 1.22 bits per heavy atom. The summed E-state index contributed by atoms with van der Waals surface area (Å²) >= 11 is 0. The third kappa shape index (κ3) is 2.70. The number of aryl methyl sites for hydroxylation is 1. The number of fused-ring (bicyclic) bond motifs is 1. The first-order valence-corrected chi connectivity index (χ1v) is 6.64. The Bertz CT molecular complexity index is 532. The second kappa shape index (κ2) is 5.49. The average Bonchev–Trinajstić information content (AvgIpc) is 2.35. The number of hydrogen-bond acceptors (Lipinski definition) is 2. The number of pyridine rings is 1. The molecule has 2 heteroatoms. The summed E-state index contributed by atoms with van der Waals surface area (Å²) in [5.41, 5.74) is 3.59. The maximum atomic E-state index is 4.80. The molecule has 0 bridgehead atoms. The van der Waals surface area contributed by atoms with Crippen LogP contribution in [0, 0.1) is 12.8 Å². The van der Waals surface area contributed by atoms with E-state index in [0.29, 0.717) is 12.0 Å². The van der Waals surface area contributed by atoms with Crippen LogP contribution < -0.4 is 5.32 Å². The largest absolute Gasteiger partial charge is 0.316 e. The summed E-state index contributed by atoms with van der Waals surface area (Å²) in [6.07, 6.45) is 0.991. The first-order chi connectivity index (χ1) is 8.61. The Morgan fingerprint density at radius 3 is 2.61 bits per heavy atom. The van der Waals surface area contributed by atoms with Crippen molar-refractivity contribution in [2.24, 2.45) is 5.92 Å². The number of likely N-dealkylation sites (N-methyl/N-ethyl adjacent to an activating group) is 1. The van der Waals surface area contributed by atoms with Crippen molar-refractivity contribution in [1.82, 2.24) is 10.3 Å². The highest BCUT2D eigenvalue weighted by Gasteiger charge is 2.14. The van der Waals surface area contributed by atoms with E-state index in [1.54, 1.807) is 0 Å². The van der Waals surface area contributed by atoms with Crippen LogP contribution in [0.1, 0.15) is 25.1 Å². The molecule has 1 aromatic carbocycles. The zero-order chi connectivity index (χ0) is 13.1. The summed E-state index contributed by atoms with van der Waals surface area (Å²) in [5, 5.41) is 4.61. The first kappa shape index (κ1) is 13.0. The molecular weight excluding hydrogens is 220 g/mol. The van der Waals surface area contributed by atoms with Crippen LogP contribution in [0.3, 0.4) is 0 Å². The van der Waals surface area contributed by atoms with Crippen LogP contribution in [-0.2, 0) is 6.42 Å². The van der Waals surface area contributed by atoms with Gasteiger partial charge in [-0.3, -0.25) is 4.98 Å². The summed E-state index contributed by atoms with van der Waals surface area (Å²) < 4.78 is 0. The van der Waals surface area contributed by atoms with Crippen LogP contribution in [0.5, 0.6) is 0 Å². The maximum absolute atomic E-state index is 4.80. The lowest BCUT2D eigenvalue weighted by molar-refractivity contribution is 0.421. The molecule has 1 unspecified atom stereocenters. The standard InChI is InChI=1S/C16H22N2/c1-11(2)15(17-4)10-16-12(3)9-13-7-5-6-8-14(13)18-16/h5-9,11,15,17H,10H2,1-4H3. The molecule has 0 fully saturated rings. The van der Waals surface area contributed by atoms with Gasteiger partial charge in [-0.25, -0.2) is 0 Å². The molecule has 0 spiro atoms. The van der Waals surface area contributed by atoms with Crippen molar-refractivity contribution in [1.29, 1.82) is 0 Å². The molecule has 96 valence electrons. The number of benzene rings is 1. The Morgan fingerprint density at radius 2 is 1.94 bits per heavy atom. The van der Waals surface area contributed by atoms with Crippen molar-refractivity contribution in [3.63, 3.8) is 0 Å². The van der Waals surface area contributed by atoms with Crippen molar-refractivity contribution >= 4 is 10.9 Å². The Balaban J connectivity index is 2.35. The highest BCUT2D eigenvalue weighted by atomic mass is 14.9. The van der Waals surface area contributed by atoms with Crippen molar-refractivity contribution in [3.05, 3.63) is 41.6 Å². The molecule has 1 aromatic heterocycles. The molecule has 2 rings (SSSR count). The van der Waals surface area contributed by atoms with E-state index >= 15 is 0 Å². The molecule has 0 radical (unpaired) electrons. The van der Waals surface area contributed by atoms with Gasteiger partial charge in [-0.2, -0.15) is 0 Å². The minimum Gasteiger partial charge on any atom is -0.316 e. The second-order valence-electron chi connectivity index (χ2n) is 5.29. The molecule has 0 amide bonds. The molecule has 1 atom stereocenters. The zero-order valence-electron chi connectivity index (χ0n) is 11.7. The number of hydrogen-bond donors (Lipinski definition) is 1. The number of para-hydroxylation sites is 1. The fourth-order valence-electron chi connectivity index (χ4n) is 2.35. The molecule has 2 nitrogen and oxygen atoms in total. The van der Waals surface area contributed by atoms with Gasteiger partial charge in [0, 0.05) is 23.5 Å². The van der Waals surface area contributed by atoms with E-state index in [2.05, 4.69) is 50.4 Å². The van der Waals surface area contributed by atoms with Crippen LogP contribution >= 0.6 is 0 Å².